The van der Waals surface area contributed by atoms with Crippen molar-refractivity contribution >= 4 is 39.0 Å². The monoisotopic (exact) mass is 501 g/mol. The van der Waals surface area contributed by atoms with Crippen LogP contribution in [0.3, 0.4) is 0 Å². The van der Waals surface area contributed by atoms with E-state index in [-0.39, 0.29) is 17.1 Å². The summed E-state index contributed by atoms with van der Waals surface area (Å²) >= 11 is 1.24. The molecule has 0 amide bonds. The number of carboxylic acids is 1. The molecule has 0 saturated carbocycles. The second-order valence-electron chi connectivity index (χ2n) is 7.22. The molecule has 35 heavy (non-hydrogen) atoms. The van der Waals surface area contributed by atoms with E-state index in [2.05, 4.69) is 4.98 Å². The van der Waals surface area contributed by atoms with Gasteiger partial charge in [0.25, 0.3) is 0 Å². The molecule has 4 rings (SSSR count). The van der Waals surface area contributed by atoms with Crippen molar-refractivity contribution in [2.75, 3.05) is 14.2 Å². The first kappa shape index (κ1) is 24.1. The second kappa shape index (κ2) is 9.67. The van der Waals surface area contributed by atoms with E-state index in [9.17, 15) is 23.1 Å². The second-order valence-corrected chi connectivity index (χ2v) is 8.31. The number of carbonyl (C=O) groups is 1. The molecule has 0 unspecified atom stereocenters. The van der Waals surface area contributed by atoms with Crippen LogP contribution in [-0.2, 0) is 11.0 Å². The van der Waals surface area contributed by atoms with Crippen LogP contribution in [0.15, 0.2) is 60.9 Å². The Morgan fingerprint density at radius 3 is 2.20 bits per heavy atom. The molecule has 180 valence electrons. The number of ether oxygens (including phenoxy) is 3. The van der Waals surface area contributed by atoms with Gasteiger partial charge >= 0.3 is 12.1 Å². The van der Waals surface area contributed by atoms with Crippen molar-refractivity contribution in [2.45, 2.75) is 6.18 Å². The van der Waals surface area contributed by atoms with Crippen LogP contribution in [0.5, 0.6) is 23.0 Å². The van der Waals surface area contributed by atoms with E-state index in [1.54, 1.807) is 24.3 Å². The lowest BCUT2D eigenvalue weighted by Crippen LogP contribution is -2.04. The van der Waals surface area contributed by atoms with Crippen LogP contribution in [0, 0.1) is 0 Å². The van der Waals surface area contributed by atoms with Gasteiger partial charge in [-0.1, -0.05) is 0 Å². The Bertz CT molecular complexity index is 1400. The Kier molecular flexibility index (Phi) is 6.65. The Balaban J connectivity index is 1.89. The number of nitrogens with zero attached hydrogens (tertiary/aromatic N) is 1. The zero-order valence-electron chi connectivity index (χ0n) is 18.4. The van der Waals surface area contributed by atoms with Crippen LogP contribution in [0.1, 0.15) is 16.0 Å². The first-order chi connectivity index (χ1) is 16.7. The van der Waals surface area contributed by atoms with Crippen molar-refractivity contribution in [3.8, 4) is 23.0 Å². The summed E-state index contributed by atoms with van der Waals surface area (Å²) in [5.74, 6) is 0.148. The molecule has 2 heterocycles. The van der Waals surface area contributed by atoms with Gasteiger partial charge < -0.3 is 19.3 Å². The zero-order valence-corrected chi connectivity index (χ0v) is 19.2. The van der Waals surface area contributed by atoms with Crippen LogP contribution in [0.25, 0.3) is 21.7 Å². The summed E-state index contributed by atoms with van der Waals surface area (Å²) in [6, 6.07) is 10.8. The minimum absolute atomic E-state index is 0.00449. The number of thiophene rings is 1. The van der Waals surface area contributed by atoms with E-state index in [1.165, 1.54) is 56.2 Å². The van der Waals surface area contributed by atoms with E-state index in [0.29, 0.717) is 32.0 Å². The quantitative estimate of drug-likeness (QED) is 0.282. The molecular weight excluding hydrogens is 483 g/mol. The number of pyridine rings is 1. The van der Waals surface area contributed by atoms with Gasteiger partial charge in [0.1, 0.15) is 5.75 Å². The number of hydrogen-bond donors (Lipinski definition) is 1. The predicted octanol–water partition coefficient (Wildman–Crippen LogP) is 6.75. The van der Waals surface area contributed by atoms with Crippen LogP contribution in [-0.4, -0.2) is 30.3 Å². The van der Waals surface area contributed by atoms with Crippen molar-refractivity contribution in [1.82, 2.24) is 4.98 Å². The van der Waals surface area contributed by atoms with Gasteiger partial charge in [0.15, 0.2) is 17.2 Å². The third-order valence-corrected chi connectivity index (χ3v) is 6.15. The Morgan fingerprint density at radius 1 is 1.00 bits per heavy atom. The third-order valence-electron chi connectivity index (χ3n) is 5.07. The first-order valence-electron chi connectivity index (χ1n) is 10.1. The molecule has 4 aromatic rings. The number of alkyl halides is 3. The molecule has 0 spiro atoms. The molecule has 2 aromatic carbocycles. The molecule has 1 N–H and O–H groups in total. The highest BCUT2D eigenvalue weighted by Gasteiger charge is 2.30. The topological polar surface area (TPSA) is 77.9 Å². The molecule has 0 aliphatic heterocycles. The van der Waals surface area contributed by atoms with Crippen LogP contribution in [0.2, 0.25) is 0 Å². The molecule has 0 saturated heterocycles. The number of carboxylic acid groups (broad SMARTS) is 1. The average molecular weight is 501 g/mol. The summed E-state index contributed by atoms with van der Waals surface area (Å²) in [6.07, 6.45) is -0.0637. The highest BCUT2D eigenvalue weighted by atomic mass is 32.1. The number of halogens is 3. The maximum Gasteiger partial charge on any atom is 0.416 e. The molecular formula is C25H18F3NO5S. The molecule has 0 aliphatic rings. The number of aromatic nitrogens is 1. The molecule has 10 heteroatoms. The fourth-order valence-corrected chi connectivity index (χ4v) is 4.47. The van der Waals surface area contributed by atoms with Crippen LogP contribution < -0.4 is 14.2 Å². The highest BCUT2D eigenvalue weighted by Crippen LogP contribution is 2.46. The fraction of sp³-hybridized carbons (Fsp3) is 0.120. The smallest absolute Gasteiger partial charge is 0.416 e. The van der Waals surface area contributed by atoms with Crippen LogP contribution in [0.4, 0.5) is 13.2 Å². The molecule has 0 radical (unpaired) electrons. The summed E-state index contributed by atoms with van der Waals surface area (Å²) < 4.78 is 56.4. The van der Waals surface area contributed by atoms with Crippen molar-refractivity contribution < 1.29 is 37.3 Å². The summed E-state index contributed by atoms with van der Waals surface area (Å²) in [6.45, 7) is 0. The van der Waals surface area contributed by atoms with Crippen molar-refractivity contribution in [1.29, 1.82) is 0 Å². The first-order valence-corrected chi connectivity index (χ1v) is 10.9. The normalized spacial score (nSPS) is 12.0. The van der Waals surface area contributed by atoms with E-state index in [0.717, 1.165) is 12.1 Å². The van der Waals surface area contributed by atoms with Gasteiger partial charge in [0, 0.05) is 28.5 Å². The standard InChI is InChI=1S/C25H18F3NO5S/c1-32-19-11-18-21(13-20(19)33-2)35-22(12-17(24(30)31)14-7-9-29-10-8-14)23(18)34-16-5-3-15(4-6-16)25(26,27)28/h3-13H,1-2H3,(H,30,31)/b17-12+. The van der Waals surface area contributed by atoms with Gasteiger partial charge in [0.05, 0.1) is 30.2 Å². The van der Waals surface area contributed by atoms with Crippen molar-refractivity contribution in [2.24, 2.45) is 0 Å². The highest BCUT2D eigenvalue weighted by molar-refractivity contribution is 7.20. The van der Waals surface area contributed by atoms with Crippen LogP contribution >= 0.6 is 11.3 Å². The number of rotatable bonds is 7. The maximum absolute atomic E-state index is 13.0. The lowest BCUT2D eigenvalue weighted by molar-refractivity contribution is -0.137. The van der Waals surface area contributed by atoms with Crippen molar-refractivity contribution in [3.05, 3.63) is 76.9 Å². The summed E-state index contributed by atoms with van der Waals surface area (Å²) in [4.78, 5) is 16.4. The van der Waals surface area contributed by atoms with Gasteiger partial charge in [0.2, 0.25) is 0 Å². The lowest BCUT2D eigenvalue weighted by atomic mass is 10.1. The summed E-state index contributed by atoms with van der Waals surface area (Å²) in [5.41, 5.74) is -0.381. The third kappa shape index (κ3) is 5.07. The number of fused-ring (bicyclic) bond motifs is 1. The van der Waals surface area contributed by atoms with E-state index in [4.69, 9.17) is 14.2 Å². The predicted molar refractivity (Wildman–Crippen MR) is 126 cm³/mol. The minimum atomic E-state index is -4.48. The maximum atomic E-state index is 13.0. The molecule has 0 bridgehead atoms. The molecule has 0 atom stereocenters. The van der Waals surface area contributed by atoms with Gasteiger partial charge in [-0.15, -0.1) is 11.3 Å². The van der Waals surface area contributed by atoms with Gasteiger partial charge in [-0.3, -0.25) is 4.98 Å². The number of benzene rings is 2. The van der Waals surface area contributed by atoms with E-state index in [1.807, 2.05) is 0 Å². The Labute approximate surface area is 201 Å². The number of methoxy groups -OCH3 is 2. The average Bonchev–Trinajstić information content (AvgIpc) is 3.17. The molecule has 0 aliphatic carbocycles. The zero-order chi connectivity index (χ0) is 25.2. The lowest BCUT2D eigenvalue weighted by Gasteiger charge is -2.11. The Morgan fingerprint density at radius 2 is 1.63 bits per heavy atom. The van der Waals surface area contributed by atoms with E-state index >= 15 is 0 Å². The molecule has 0 fully saturated rings. The SMILES string of the molecule is COc1cc2sc(/C=C(/C(=O)O)c3ccncc3)c(Oc3ccc(C(F)(F)F)cc3)c2cc1OC. The van der Waals surface area contributed by atoms with Crippen molar-refractivity contribution in [3.63, 3.8) is 0 Å². The number of hydrogen-bond acceptors (Lipinski definition) is 6. The minimum Gasteiger partial charge on any atom is -0.493 e. The molecule has 6 nitrogen and oxygen atoms in total. The van der Waals surface area contributed by atoms with Gasteiger partial charge in [-0.05, 0) is 54.1 Å². The van der Waals surface area contributed by atoms with E-state index < -0.39 is 17.7 Å². The fourth-order valence-electron chi connectivity index (χ4n) is 3.38. The molecule has 2 aromatic heterocycles. The van der Waals surface area contributed by atoms with Gasteiger partial charge in [-0.25, -0.2) is 4.79 Å². The summed E-state index contributed by atoms with van der Waals surface area (Å²) in [5, 5.41) is 10.4. The summed E-state index contributed by atoms with van der Waals surface area (Å²) in [7, 11) is 2.96. The number of aliphatic carboxylic acids is 1. The Hall–Kier alpha value is -4.05. The largest absolute Gasteiger partial charge is 0.493 e. The van der Waals surface area contributed by atoms with Gasteiger partial charge in [-0.2, -0.15) is 13.2 Å².